The van der Waals surface area contributed by atoms with E-state index in [4.69, 9.17) is 0 Å². The first-order chi connectivity index (χ1) is 9.85. The molecule has 0 spiro atoms. The molecule has 0 bridgehead atoms. The van der Waals surface area contributed by atoms with Crippen LogP contribution in [0.3, 0.4) is 0 Å². The minimum atomic E-state index is -0.134. The van der Waals surface area contributed by atoms with E-state index in [1.165, 1.54) is 0 Å². The quantitative estimate of drug-likeness (QED) is 0.795. The van der Waals surface area contributed by atoms with Gasteiger partial charge in [-0.25, -0.2) is 4.39 Å². The van der Waals surface area contributed by atoms with Gasteiger partial charge >= 0.3 is 0 Å². The molecule has 0 aliphatic heterocycles. The average molecular weight is 295 g/mol. The molecule has 1 aromatic rings. The van der Waals surface area contributed by atoms with Crippen molar-refractivity contribution in [2.45, 2.75) is 46.3 Å². The first kappa shape index (κ1) is 17.9. The van der Waals surface area contributed by atoms with Gasteiger partial charge in [-0.15, -0.1) is 0 Å². The van der Waals surface area contributed by atoms with Crippen molar-refractivity contribution >= 4 is 5.69 Å². The minimum absolute atomic E-state index is 0.134. The fraction of sp³-hybridized carbons (Fsp3) is 0.647. The fourth-order valence-corrected chi connectivity index (χ4v) is 2.56. The number of hydrogen-bond acceptors (Lipinski definition) is 3. The van der Waals surface area contributed by atoms with Crippen LogP contribution >= 0.6 is 0 Å². The molecule has 0 saturated carbocycles. The van der Waals surface area contributed by atoms with Gasteiger partial charge in [0.1, 0.15) is 5.82 Å². The molecule has 0 aliphatic rings. The molecule has 1 unspecified atom stereocenters. The van der Waals surface area contributed by atoms with Gasteiger partial charge < -0.3 is 15.1 Å². The van der Waals surface area contributed by atoms with Crippen LogP contribution in [0.1, 0.15) is 33.3 Å². The lowest BCUT2D eigenvalue weighted by Gasteiger charge is -2.32. The Morgan fingerprint density at radius 3 is 2.33 bits per heavy atom. The van der Waals surface area contributed by atoms with Crippen LogP contribution in [-0.2, 0) is 6.54 Å². The molecular weight excluding hydrogens is 265 g/mol. The second-order valence-corrected chi connectivity index (χ2v) is 6.22. The Labute approximate surface area is 129 Å². The lowest BCUT2D eigenvalue weighted by atomic mass is 10.1. The molecule has 1 N–H and O–H groups in total. The van der Waals surface area contributed by atoms with Crippen molar-refractivity contribution in [2.75, 3.05) is 32.1 Å². The first-order valence-electron chi connectivity index (χ1n) is 7.78. The SMILES string of the molecule is CCN(c1ccc(CNC(C)C)cc1F)C(C)CN(C)C. The van der Waals surface area contributed by atoms with E-state index in [1.807, 2.05) is 26.2 Å². The van der Waals surface area contributed by atoms with Crippen LogP contribution < -0.4 is 10.2 Å². The van der Waals surface area contributed by atoms with Crippen molar-refractivity contribution in [1.29, 1.82) is 0 Å². The number of benzene rings is 1. The predicted octanol–water partition coefficient (Wildman–Crippen LogP) is 3.10. The predicted molar refractivity (Wildman–Crippen MR) is 89.4 cm³/mol. The third-order valence-electron chi connectivity index (χ3n) is 3.54. The molecule has 0 amide bonds. The highest BCUT2D eigenvalue weighted by Crippen LogP contribution is 2.23. The molecule has 1 aromatic carbocycles. The molecule has 0 radical (unpaired) electrons. The Morgan fingerprint density at radius 2 is 1.86 bits per heavy atom. The van der Waals surface area contributed by atoms with E-state index in [1.54, 1.807) is 6.07 Å². The number of halogens is 1. The van der Waals surface area contributed by atoms with Crippen LogP contribution in [0.2, 0.25) is 0 Å². The standard InChI is InChI=1S/C17H30FN3/c1-7-21(14(4)12-20(5)6)17-9-8-15(10-16(17)18)11-19-13(2)3/h8-10,13-14,19H,7,11-12H2,1-6H3. The number of hydrogen-bond donors (Lipinski definition) is 1. The number of rotatable bonds is 8. The summed E-state index contributed by atoms with van der Waals surface area (Å²) in [6.07, 6.45) is 0. The van der Waals surface area contributed by atoms with E-state index in [0.717, 1.165) is 18.7 Å². The summed E-state index contributed by atoms with van der Waals surface area (Å²) in [5.74, 6) is -0.134. The molecule has 0 aromatic heterocycles. The van der Waals surface area contributed by atoms with E-state index in [0.29, 0.717) is 18.3 Å². The molecule has 0 fully saturated rings. The van der Waals surface area contributed by atoms with Crippen LogP contribution in [0.5, 0.6) is 0 Å². The summed E-state index contributed by atoms with van der Waals surface area (Å²) in [6, 6.07) is 6.25. The highest BCUT2D eigenvalue weighted by Gasteiger charge is 2.17. The summed E-state index contributed by atoms with van der Waals surface area (Å²) in [5.41, 5.74) is 1.68. The van der Waals surface area contributed by atoms with E-state index in [2.05, 4.69) is 42.8 Å². The van der Waals surface area contributed by atoms with Crippen LogP contribution in [0.4, 0.5) is 10.1 Å². The molecule has 0 aliphatic carbocycles. The molecule has 1 atom stereocenters. The van der Waals surface area contributed by atoms with E-state index in [9.17, 15) is 4.39 Å². The molecule has 0 heterocycles. The summed E-state index contributed by atoms with van der Waals surface area (Å²) in [7, 11) is 4.09. The zero-order valence-electron chi connectivity index (χ0n) is 14.3. The zero-order chi connectivity index (χ0) is 16.0. The van der Waals surface area contributed by atoms with Crippen molar-refractivity contribution in [3.8, 4) is 0 Å². The van der Waals surface area contributed by atoms with Gasteiger partial charge in [-0.2, -0.15) is 0 Å². The van der Waals surface area contributed by atoms with Gasteiger partial charge in [0.05, 0.1) is 5.69 Å². The number of anilines is 1. The summed E-state index contributed by atoms with van der Waals surface area (Å²) in [4.78, 5) is 4.25. The zero-order valence-corrected chi connectivity index (χ0v) is 14.3. The monoisotopic (exact) mass is 295 g/mol. The topological polar surface area (TPSA) is 18.5 Å². The van der Waals surface area contributed by atoms with Crippen molar-refractivity contribution in [3.05, 3.63) is 29.6 Å². The molecule has 3 nitrogen and oxygen atoms in total. The fourth-order valence-electron chi connectivity index (χ4n) is 2.56. The van der Waals surface area contributed by atoms with Crippen molar-refractivity contribution in [2.24, 2.45) is 0 Å². The highest BCUT2D eigenvalue weighted by atomic mass is 19.1. The maximum Gasteiger partial charge on any atom is 0.146 e. The highest BCUT2D eigenvalue weighted by molar-refractivity contribution is 5.50. The van der Waals surface area contributed by atoms with E-state index in [-0.39, 0.29) is 11.9 Å². The van der Waals surface area contributed by atoms with Gasteiger partial charge in [0.15, 0.2) is 0 Å². The van der Waals surface area contributed by atoms with E-state index >= 15 is 0 Å². The molecule has 120 valence electrons. The third-order valence-corrected chi connectivity index (χ3v) is 3.54. The van der Waals surface area contributed by atoms with Gasteiger partial charge in [-0.3, -0.25) is 0 Å². The lowest BCUT2D eigenvalue weighted by molar-refractivity contribution is 0.371. The maximum atomic E-state index is 14.4. The van der Waals surface area contributed by atoms with Gasteiger partial charge in [0.2, 0.25) is 0 Å². The number of nitrogens with zero attached hydrogens (tertiary/aromatic N) is 2. The Kier molecular flexibility index (Phi) is 7.12. The smallest absolute Gasteiger partial charge is 0.146 e. The Balaban J connectivity index is 2.85. The summed E-state index contributed by atoms with van der Waals surface area (Å²) < 4.78 is 14.4. The first-order valence-corrected chi connectivity index (χ1v) is 7.78. The Hall–Kier alpha value is -1.13. The molecular formula is C17H30FN3. The van der Waals surface area contributed by atoms with Gasteiger partial charge in [-0.05, 0) is 45.6 Å². The minimum Gasteiger partial charge on any atom is -0.365 e. The van der Waals surface area contributed by atoms with Gasteiger partial charge in [-0.1, -0.05) is 19.9 Å². The van der Waals surface area contributed by atoms with Gasteiger partial charge in [0.25, 0.3) is 0 Å². The third kappa shape index (κ3) is 5.64. The van der Waals surface area contributed by atoms with Crippen LogP contribution in [0.25, 0.3) is 0 Å². The molecule has 21 heavy (non-hydrogen) atoms. The van der Waals surface area contributed by atoms with Gasteiger partial charge in [0, 0.05) is 31.7 Å². The number of likely N-dealkylation sites (N-methyl/N-ethyl adjacent to an activating group) is 2. The van der Waals surface area contributed by atoms with Crippen LogP contribution in [0.15, 0.2) is 18.2 Å². The summed E-state index contributed by atoms with van der Waals surface area (Å²) in [6.45, 7) is 10.8. The van der Waals surface area contributed by atoms with E-state index < -0.39 is 0 Å². The van der Waals surface area contributed by atoms with Crippen LogP contribution in [0, 0.1) is 5.82 Å². The largest absolute Gasteiger partial charge is 0.365 e. The molecule has 4 heteroatoms. The van der Waals surface area contributed by atoms with Crippen LogP contribution in [-0.4, -0.2) is 44.2 Å². The van der Waals surface area contributed by atoms with Crippen molar-refractivity contribution < 1.29 is 4.39 Å². The molecule has 0 saturated heterocycles. The Morgan fingerprint density at radius 1 is 1.19 bits per heavy atom. The Bertz CT molecular complexity index is 432. The maximum absolute atomic E-state index is 14.4. The second-order valence-electron chi connectivity index (χ2n) is 6.22. The molecule has 1 rings (SSSR count). The summed E-state index contributed by atoms with van der Waals surface area (Å²) in [5, 5.41) is 3.31. The number of nitrogens with one attached hydrogen (secondary N) is 1. The summed E-state index contributed by atoms with van der Waals surface area (Å²) >= 11 is 0. The average Bonchev–Trinajstić information content (AvgIpc) is 2.38. The van der Waals surface area contributed by atoms with Crippen molar-refractivity contribution in [1.82, 2.24) is 10.2 Å². The van der Waals surface area contributed by atoms with Crippen molar-refractivity contribution in [3.63, 3.8) is 0 Å². The normalized spacial score (nSPS) is 13.0. The lowest BCUT2D eigenvalue weighted by Crippen LogP contribution is -2.40. The second kappa shape index (κ2) is 8.35.